The molecular weight excluding hydrogens is 381 g/mol. The first-order chi connectivity index (χ1) is 12.9. The van der Waals surface area contributed by atoms with E-state index in [2.05, 4.69) is 24.3 Å². The van der Waals surface area contributed by atoms with Crippen LogP contribution in [0.5, 0.6) is 0 Å². The average molecular weight is 400 g/mol. The molecule has 2 heterocycles. The molecule has 138 valence electrons. The Bertz CT molecular complexity index is 1040. The van der Waals surface area contributed by atoms with E-state index in [1.807, 2.05) is 54.1 Å². The highest BCUT2D eigenvalue weighted by molar-refractivity contribution is 6.30. The molecule has 1 aliphatic heterocycles. The van der Waals surface area contributed by atoms with Crippen molar-refractivity contribution in [2.24, 2.45) is 0 Å². The van der Waals surface area contributed by atoms with E-state index in [0.29, 0.717) is 15.7 Å². The highest BCUT2D eigenvalue weighted by Gasteiger charge is 2.38. The fourth-order valence-electron chi connectivity index (χ4n) is 3.70. The van der Waals surface area contributed by atoms with Crippen LogP contribution in [0.1, 0.15) is 58.7 Å². The van der Waals surface area contributed by atoms with E-state index < -0.39 is 0 Å². The minimum absolute atomic E-state index is 0.154. The molecule has 2 aromatic carbocycles. The van der Waals surface area contributed by atoms with Gasteiger partial charge in [0.2, 0.25) is 0 Å². The molecule has 6 heteroatoms. The average Bonchev–Trinajstić information content (AvgIpc) is 3.14. The highest BCUT2D eigenvalue weighted by Crippen LogP contribution is 2.39. The lowest BCUT2D eigenvalue weighted by Gasteiger charge is -2.19. The third-order valence-corrected chi connectivity index (χ3v) is 5.39. The number of fused-ring (bicyclic) bond motifs is 1. The Morgan fingerprint density at radius 3 is 2.37 bits per heavy atom. The number of aromatic nitrogens is 2. The quantitative estimate of drug-likeness (QED) is 0.636. The SMILES string of the molecule is Cc1cc(Cl)ccc1C1NC(=O)c2nn(-c3ccc(Cl)cc3)c(C(C)C)c21. The van der Waals surface area contributed by atoms with Gasteiger partial charge in [-0.2, -0.15) is 5.10 Å². The van der Waals surface area contributed by atoms with Gasteiger partial charge in [0, 0.05) is 15.6 Å². The maximum absolute atomic E-state index is 12.7. The number of rotatable bonds is 3. The number of nitrogens with zero attached hydrogens (tertiary/aromatic N) is 2. The Morgan fingerprint density at radius 1 is 1.07 bits per heavy atom. The van der Waals surface area contributed by atoms with Gasteiger partial charge >= 0.3 is 0 Å². The minimum atomic E-state index is -0.233. The summed E-state index contributed by atoms with van der Waals surface area (Å²) in [5.41, 5.74) is 5.39. The van der Waals surface area contributed by atoms with Crippen LogP contribution < -0.4 is 5.32 Å². The summed E-state index contributed by atoms with van der Waals surface area (Å²) in [6.07, 6.45) is 0. The molecule has 0 saturated heterocycles. The van der Waals surface area contributed by atoms with E-state index in [0.717, 1.165) is 28.1 Å². The van der Waals surface area contributed by atoms with Crippen LogP contribution in [0.4, 0.5) is 0 Å². The van der Waals surface area contributed by atoms with Crippen molar-refractivity contribution in [3.8, 4) is 5.69 Å². The Morgan fingerprint density at radius 2 is 1.74 bits per heavy atom. The summed E-state index contributed by atoms with van der Waals surface area (Å²) < 4.78 is 1.86. The maximum Gasteiger partial charge on any atom is 0.272 e. The molecule has 0 spiro atoms. The number of benzene rings is 2. The minimum Gasteiger partial charge on any atom is -0.340 e. The smallest absolute Gasteiger partial charge is 0.272 e. The van der Waals surface area contributed by atoms with Gasteiger partial charge in [0.25, 0.3) is 5.91 Å². The first kappa shape index (κ1) is 18.1. The van der Waals surface area contributed by atoms with Crippen LogP contribution in [0, 0.1) is 6.92 Å². The number of carbonyl (C=O) groups excluding carboxylic acids is 1. The molecule has 4 rings (SSSR count). The van der Waals surface area contributed by atoms with E-state index in [9.17, 15) is 4.79 Å². The Balaban J connectivity index is 1.92. The number of hydrogen-bond acceptors (Lipinski definition) is 2. The second-order valence-electron chi connectivity index (χ2n) is 7.10. The standard InChI is InChI=1S/C21H19Cl2N3O/c1-11(2)20-17-18(16-9-6-14(23)10-12(16)3)24-21(27)19(17)25-26(20)15-7-4-13(22)5-8-15/h4-11,18H,1-3H3,(H,24,27). The Labute approximate surface area is 168 Å². The fourth-order valence-corrected chi connectivity index (χ4v) is 4.05. The lowest BCUT2D eigenvalue weighted by Crippen LogP contribution is -2.23. The summed E-state index contributed by atoms with van der Waals surface area (Å²) in [6, 6.07) is 13.0. The first-order valence-corrected chi connectivity index (χ1v) is 9.58. The molecule has 1 aliphatic rings. The van der Waals surface area contributed by atoms with Gasteiger partial charge in [0.15, 0.2) is 5.69 Å². The molecule has 1 unspecified atom stereocenters. The number of nitrogens with one attached hydrogen (secondary N) is 1. The van der Waals surface area contributed by atoms with E-state index in [-0.39, 0.29) is 17.9 Å². The summed E-state index contributed by atoms with van der Waals surface area (Å²) >= 11 is 12.1. The lowest BCUT2D eigenvalue weighted by atomic mass is 9.93. The van der Waals surface area contributed by atoms with Crippen molar-refractivity contribution in [2.45, 2.75) is 32.7 Å². The lowest BCUT2D eigenvalue weighted by molar-refractivity contribution is 0.0955. The predicted molar refractivity (Wildman–Crippen MR) is 108 cm³/mol. The summed E-state index contributed by atoms with van der Waals surface area (Å²) in [4.78, 5) is 12.7. The predicted octanol–water partition coefficient (Wildman–Crippen LogP) is 5.44. The summed E-state index contributed by atoms with van der Waals surface area (Å²) in [6.45, 7) is 6.22. The van der Waals surface area contributed by atoms with Crippen LogP contribution in [0.2, 0.25) is 10.0 Å². The van der Waals surface area contributed by atoms with Crippen molar-refractivity contribution in [1.82, 2.24) is 15.1 Å². The van der Waals surface area contributed by atoms with Gasteiger partial charge in [0.1, 0.15) is 0 Å². The normalized spacial score (nSPS) is 15.9. The largest absolute Gasteiger partial charge is 0.340 e. The molecule has 1 atom stereocenters. The molecule has 1 N–H and O–H groups in total. The van der Waals surface area contributed by atoms with E-state index in [1.54, 1.807) is 0 Å². The topological polar surface area (TPSA) is 46.9 Å². The van der Waals surface area contributed by atoms with Crippen molar-refractivity contribution >= 4 is 29.1 Å². The summed E-state index contributed by atoms with van der Waals surface area (Å²) in [7, 11) is 0. The molecular formula is C21H19Cl2N3O. The van der Waals surface area contributed by atoms with Crippen molar-refractivity contribution in [3.63, 3.8) is 0 Å². The molecule has 1 aromatic heterocycles. The second kappa shape index (κ2) is 6.70. The van der Waals surface area contributed by atoms with Crippen LogP contribution in [0.15, 0.2) is 42.5 Å². The molecule has 1 amide bonds. The van der Waals surface area contributed by atoms with Gasteiger partial charge in [-0.15, -0.1) is 0 Å². The molecule has 3 aromatic rings. The van der Waals surface area contributed by atoms with Crippen molar-refractivity contribution in [3.05, 3.63) is 80.6 Å². The zero-order valence-corrected chi connectivity index (χ0v) is 16.8. The molecule has 4 nitrogen and oxygen atoms in total. The third-order valence-electron chi connectivity index (χ3n) is 4.90. The van der Waals surface area contributed by atoms with Gasteiger partial charge in [-0.3, -0.25) is 4.79 Å². The van der Waals surface area contributed by atoms with Crippen molar-refractivity contribution in [1.29, 1.82) is 0 Å². The zero-order valence-electron chi connectivity index (χ0n) is 15.3. The van der Waals surface area contributed by atoms with E-state index in [1.165, 1.54) is 0 Å². The number of hydrogen-bond donors (Lipinski definition) is 1. The molecule has 0 radical (unpaired) electrons. The van der Waals surface area contributed by atoms with Gasteiger partial charge in [0.05, 0.1) is 17.4 Å². The number of aryl methyl sites for hydroxylation is 1. The van der Waals surface area contributed by atoms with Crippen molar-refractivity contribution < 1.29 is 4.79 Å². The van der Waals surface area contributed by atoms with Crippen molar-refractivity contribution in [2.75, 3.05) is 0 Å². The maximum atomic E-state index is 12.7. The fraction of sp³-hybridized carbons (Fsp3) is 0.238. The van der Waals surface area contributed by atoms with Crippen LogP contribution in [-0.4, -0.2) is 15.7 Å². The molecule has 27 heavy (non-hydrogen) atoms. The van der Waals surface area contributed by atoms with Gasteiger partial charge in [-0.1, -0.05) is 43.1 Å². The summed E-state index contributed by atoms with van der Waals surface area (Å²) in [5.74, 6) is 0.0266. The number of amides is 1. The van der Waals surface area contributed by atoms with Crippen LogP contribution >= 0.6 is 23.2 Å². The Kier molecular flexibility index (Phi) is 4.49. The van der Waals surface area contributed by atoms with E-state index >= 15 is 0 Å². The monoisotopic (exact) mass is 399 g/mol. The van der Waals surface area contributed by atoms with Gasteiger partial charge in [-0.05, 0) is 60.4 Å². The van der Waals surface area contributed by atoms with E-state index in [4.69, 9.17) is 23.2 Å². The van der Waals surface area contributed by atoms with Crippen LogP contribution in [0.3, 0.4) is 0 Å². The first-order valence-electron chi connectivity index (χ1n) is 8.82. The third kappa shape index (κ3) is 3.03. The highest BCUT2D eigenvalue weighted by atomic mass is 35.5. The molecule has 0 bridgehead atoms. The van der Waals surface area contributed by atoms with Gasteiger partial charge < -0.3 is 5.32 Å². The zero-order chi connectivity index (χ0) is 19.3. The number of halogens is 2. The van der Waals surface area contributed by atoms with Gasteiger partial charge in [-0.25, -0.2) is 4.68 Å². The molecule has 0 saturated carbocycles. The number of carbonyl (C=O) groups is 1. The second-order valence-corrected chi connectivity index (χ2v) is 7.97. The summed E-state index contributed by atoms with van der Waals surface area (Å²) in [5, 5.41) is 9.08. The molecule has 0 fully saturated rings. The van der Waals surface area contributed by atoms with Crippen LogP contribution in [-0.2, 0) is 0 Å². The van der Waals surface area contributed by atoms with Crippen LogP contribution in [0.25, 0.3) is 5.69 Å². The molecule has 0 aliphatic carbocycles. The Hall–Kier alpha value is -2.30.